The number of aliphatic hydroxyl groups is 1. The molecule has 3 heterocycles. The predicted molar refractivity (Wildman–Crippen MR) is 159 cm³/mol. The van der Waals surface area contributed by atoms with Gasteiger partial charge in [0, 0.05) is 55.4 Å². The molecule has 11 heteroatoms. The zero-order valence-electron chi connectivity index (χ0n) is 22.0. The van der Waals surface area contributed by atoms with Crippen molar-refractivity contribution in [3.63, 3.8) is 0 Å². The summed E-state index contributed by atoms with van der Waals surface area (Å²) in [6.07, 6.45) is 3.67. The first kappa shape index (κ1) is 32.0. The van der Waals surface area contributed by atoms with Crippen molar-refractivity contribution in [3.05, 3.63) is 53.3 Å². The van der Waals surface area contributed by atoms with Gasteiger partial charge < -0.3 is 29.9 Å². The largest absolute Gasteiger partial charge is 0.487 e. The Morgan fingerprint density at radius 2 is 1.84 bits per heavy atom. The van der Waals surface area contributed by atoms with Gasteiger partial charge in [-0.05, 0) is 30.2 Å². The first-order valence-corrected chi connectivity index (χ1v) is 13.0. The average Bonchev–Trinajstić information content (AvgIpc) is 3.36. The number of hydrogen-bond acceptors (Lipinski definition) is 6. The zero-order valence-corrected chi connectivity index (χ0v) is 24.4. The fraction of sp³-hybridized carbons (Fsp3) is 0.481. The summed E-state index contributed by atoms with van der Waals surface area (Å²) in [5, 5.41) is 15.1. The van der Waals surface area contributed by atoms with E-state index in [4.69, 9.17) is 16.3 Å². The van der Waals surface area contributed by atoms with Crippen LogP contribution in [-0.2, 0) is 4.79 Å². The second-order valence-electron chi connectivity index (χ2n) is 9.56. The maximum absolute atomic E-state index is 13.7. The standard InChI is InChI=1S/C27H36ClN5O3.2ClH/c1-4-21(34)17-36-24-16-31-26-22(9-10-29-26)25(24)32-11-13-33(14-12-32)27(35)23(15-30-18(2)3)19-5-7-20(28)8-6-19;;/h5-10,16,18,21,23,30,34H,4,11-15,17H2,1-3H3,(H,29,31);2*1H/t21?,23-;;/m1../s1. The number of hydrogen-bond donors (Lipinski definition) is 3. The number of nitrogens with zero attached hydrogens (tertiary/aromatic N) is 3. The number of rotatable bonds is 10. The van der Waals surface area contributed by atoms with Crippen molar-refractivity contribution in [1.82, 2.24) is 20.2 Å². The van der Waals surface area contributed by atoms with Gasteiger partial charge in [0.2, 0.25) is 5.91 Å². The molecule has 1 aliphatic heterocycles. The molecule has 1 aliphatic rings. The van der Waals surface area contributed by atoms with Gasteiger partial charge in [-0.2, -0.15) is 0 Å². The number of piperazine rings is 1. The molecule has 38 heavy (non-hydrogen) atoms. The molecule has 0 aliphatic carbocycles. The molecule has 3 aromatic rings. The third kappa shape index (κ3) is 7.67. The third-order valence-electron chi connectivity index (χ3n) is 6.64. The summed E-state index contributed by atoms with van der Waals surface area (Å²) in [4.78, 5) is 25.5. The minimum Gasteiger partial charge on any atom is -0.487 e. The van der Waals surface area contributed by atoms with Crippen LogP contribution in [-0.4, -0.2) is 77.4 Å². The highest BCUT2D eigenvalue weighted by atomic mass is 35.5. The number of ether oxygens (including phenoxy) is 1. The van der Waals surface area contributed by atoms with Gasteiger partial charge in [0.1, 0.15) is 12.3 Å². The summed E-state index contributed by atoms with van der Waals surface area (Å²) in [6, 6.07) is 9.84. The Kier molecular flexibility index (Phi) is 12.5. The molecule has 0 spiro atoms. The van der Waals surface area contributed by atoms with Gasteiger partial charge in [-0.25, -0.2) is 4.98 Å². The molecule has 0 saturated carbocycles. The van der Waals surface area contributed by atoms with Crippen LogP contribution in [0.4, 0.5) is 5.69 Å². The van der Waals surface area contributed by atoms with Gasteiger partial charge in [-0.1, -0.05) is 44.5 Å². The number of aromatic amines is 1. The number of benzene rings is 1. The van der Waals surface area contributed by atoms with Gasteiger partial charge in [-0.3, -0.25) is 4.79 Å². The van der Waals surface area contributed by atoms with E-state index in [1.807, 2.05) is 48.4 Å². The van der Waals surface area contributed by atoms with Crippen LogP contribution in [0.1, 0.15) is 38.7 Å². The quantitative estimate of drug-likeness (QED) is 0.321. The van der Waals surface area contributed by atoms with E-state index in [1.54, 1.807) is 6.20 Å². The highest BCUT2D eigenvalue weighted by molar-refractivity contribution is 6.30. The number of carbonyl (C=O) groups is 1. The summed E-state index contributed by atoms with van der Waals surface area (Å²) < 4.78 is 5.99. The Hall–Kier alpha value is -2.23. The third-order valence-corrected chi connectivity index (χ3v) is 6.89. The fourth-order valence-electron chi connectivity index (χ4n) is 4.48. The van der Waals surface area contributed by atoms with Crippen LogP contribution in [0.3, 0.4) is 0 Å². The molecule has 1 unspecified atom stereocenters. The van der Waals surface area contributed by atoms with Crippen molar-refractivity contribution in [2.75, 3.05) is 44.2 Å². The lowest BCUT2D eigenvalue weighted by Crippen LogP contribution is -2.51. The number of aromatic nitrogens is 2. The van der Waals surface area contributed by atoms with Gasteiger partial charge in [0.05, 0.1) is 23.9 Å². The second-order valence-corrected chi connectivity index (χ2v) is 10.00. The Morgan fingerprint density at radius 1 is 1.16 bits per heavy atom. The summed E-state index contributed by atoms with van der Waals surface area (Å²) in [7, 11) is 0. The number of nitrogens with one attached hydrogen (secondary N) is 2. The molecule has 2 aromatic heterocycles. The maximum atomic E-state index is 13.7. The molecule has 1 saturated heterocycles. The topological polar surface area (TPSA) is 93.7 Å². The van der Waals surface area contributed by atoms with Crippen LogP contribution in [0.5, 0.6) is 5.75 Å². The minimum absolute atomic E-state index is 0. The number of H-pyrrole nitrogens is 1. The van der Waals surface area contributed by atoms with E-state index >= 15 is 0 Å². The monoisotopic (exact) mass is 585 g/mol. The van der Waals surface area contributed by atoms with Crippen molar-refractivity contribution in [2.45, 2.75) is 45.3 Å². The van der Waals surface area contributed by atoms with Crippen molar-refractivity contribution in [2.24, 2.45) is 0 Å². The molecule has 210 valence electrons. The van der Waals surface area contributed by atoms with Crippen LogP contribution >= 0.6 is 36.4 Å². The molecule has 1 amide bonds. The van der Waals surface area contributed by atoms with E-state index in [-0.39, 0.29) is 49.3 Å². The van der Waals surface area contributed by atoms with Crippen LogP contribution < -0.4 is 15.0 Å². The number of anilines is 1. The Bertz CT molecular complexity index is 1150. The molecule has 2 atom stereocenters. The lowest BCUT2D eigenvalue weighted by atomic mass is 9.96. The van der Waals surface area contributed by atoms with Crippen molar-refractivity contribution < 1.29 is 14.6 Å². The lowest BCUT2D eigenvalue weighted by molar-refractivity contribution is -0.133. The fourth-order valence-corrected chi connectivity index (χ4v) is 4.60. The van der Waals surface area contributed by atoms with Gasteiger partial charge in [-0.15, -0.1) is 24.8 Å². The highest BCUT2D eigenvalue weighted by Gasteiger charge is 2.30. The second kappa shape index (κ2) is 14.8. The Balaban J connectivity index is 0.00000253. The van der Waals surface area contributed by atoms with E-state index in [0.717, 1.165) is 22.3 Å². The number of pyridine rings is 1. The highest BCUT2D eigenvalue weighted by Crippen LogP contribution is 2.36. The maximum Gasteiger partial charge on any atom is 0.231 e. The summed E-state index contributed by atoms with van der Waals surface area (Å²) in [5.74, 6) is 0.492. The van der Waals surface area contributed by atoms with E-state index in [9.17, 15) is 9.90 Å². The summed E-state index contributed by atoms with van der Waals surface area (Å²) in [6.45, 7) is 9.44. The van der Waals surface area contributed by atoms with E-state index in [2.05, 4.69) is 34.0 Å². The number of halogens is 3. The van der Waals surface area contributed by atoms with Gasteiger partial charge in [0.25, 0.3) is 0 Å². The Morgan fingerprint density at radius 3 is 2.47 bits per heavy atom. The molecule has 1 fully saturated rings. The van der Waals surface area contributed by atoms with Gasteiger partial charge in [0.15, 0.2) is 5.75 Å². The SMILES string of the molecule is CCC(O)COc1cnc2[nH]ccc2c1N1CCN(C(=O)[C@H](CNC(C)C)c2ccc(Cl)cc2)CC1.Cl.Cl. The predicted octanol–water partition coefficient (Wildman–Crippen LogP) is 4.64. The molecule has 3 N–H and O–H groups in total. The normalized spacial score (nSPS) is 15.1. The molecular weight excluding hydrogens is 549 g/mol. The molecular formula is C27H38Cl3N5O3. The number of fused-ring (bicyclic) bond motifs is 1. The molecule has 0 bridgehead atoms. The number of carbonyl (C=O) groups excluding carboxylic acids is 1. The first-order chi connectivity index (χ1) is 17.4. The van der Waals surface area contributed by atoms with Crippen molar-refractivity contribution in [3.8, 4) is 5.75 Å². The minimum atomic E-state index is -0.529. The smallest absolute Gasteiger partial charge is 0.231 e. The van der Waals surface area contributed by atoms with E-state index in [0.29, 0.717) is 49.9 Å². The lowest BCUT2D eigenvalue weighted by Gasteiger charge is -2.38. The molecule has 0 radical (unpaired) electrons. The molecule has 8 nitrogen and oxygen atoms in total. The summed E-state index contributed by atoms with van der Waals surface area (Å²) in [5.41, 5.74) is 2.70. The van der Waals surface area contributed by atoms with Crippen molar-refractivity contribution in [1.29, 1.82) is 0 Å². The number of amides is 1. The Labute approximate surface area is 241 Å². The molecule has 4 rings (SSSR count). The number of aliphatic hydroxyl groups excluding tert-OH is 1. The van der Waals surface area contributed by atoms with Crippen LogP contribution in [0.15, 0.2) is 42.7 Å². The molecule has 1 aromatic carbocycles. The van der Waals surface area contributed by atoms with Crippen molar-refractivity contribution >= 4 is 59.0 Å². The average molecular weight is 587 g/mol. The van der Waals surface area contributed by atoms with Crippen LogP contribution in [0, 0.1) is 0 Å². The first-order valence-electron chi connectivity index (χ1n) is 12.7. The van der Waals surface area contributed by atoms with E-state index in [1.165, 1.54) is 0 Å². The van der Waals surface area contributed by atoms with Gasteiger partial charge >= 0.3 is 0 Å². The van der Waals surface area contributed by atoms with Crippen LogP contribution in [0.2, 0.25) is 5.02 Å². The zero-order chi connectivity index (χ0) is 25.7. The summed E-state index contributed by atoms with van der Waals surface area (Å²) >= 11 is 6.09. The van der Waals surface area contributed by atoms with E-state index < -0.39 is 6.10 Å². The van der Waals surface area contributed by atoms with Crippen LogP contribution in [0.25, 0.3) is 11.0 Å².